The number of amides is 3. The number of hydrogen-bond donors (Lipinski definition) is 4. The number of nitrogens with two attached hydrogens (primary N) is 1. The van der Waals surface area contributed by atoms with Gasteiger partial charge in [0, 0.05) is 34.9 Å². The summed E-state index contributed by atoms with van der Waals surface area (Å²) in [5.41, 5.74) is 19.1. The smallest absolute Gasteiger partial charge is 0.237 e. The van der Waals surface area contributed by atoms with Crippen LogP contribution in [0.4, 0.5) is 17.1 Å². The lowest BCUT2D eigenvalue weighted by Crippen LogP contribution is -2.55. The predicted octanol–water partition coefficient (Wildman–Crippen LogP) is 6.65. The highest BCUT2D eigenvalue weighted by Gasteiger charge is 2.48. The molecule has 1 aliphatic rings. The number of azide groups is 1. The number of aliphatic hydroxyl groups excluding tert-OH is 1. The molecule has 4 unspecified atom stereocenters. The number of carbonyl (C=O) groups excluding carboxylic acids is 3. The van der Waals surface area contributed by atoms with E-state index in [2.05, 4.69) is 20.7 Å². The fourth-order valence-electron chi connectivity index (χ4n) is 6.26. The first-order valence-electron chi connectivity index (χ1n) is 17.0. The summed E-state index contributed by atoms with van der Waals surface area (Å²) in [5.74, 6) is -0.000267. The summed E-state index contributed by atoms with van der Waals surface area (Å²) < 4.78 is 5.33. The molecule has 12 nitrogen and oxygen atoms in total. The van der Waals surface area contributed by atoms with Crippen LogP contribution in [-0.2, 0) is 20.8 Å². The van der Waals surface area contributed by atoms with Gasteiger partial charge < -0.3 is 31.1 Å². The molecule has 0 aromatic heterocycles. The van der Waals surface area contributed by atoms with Crippen molar-refractivity contribution in [3.63, 3.8) is 0 Å². The molecule has 1 aliphatic heterocycles. The molecule has 5 rings (SSSR count). The molecule has 0 saturated carbocycles. The van der Waals surface area contributed by atoms with Crippen LogP contribution in [0, 0.1) is 5.92 Å². The molecule has 3 amide bonds. The van der Waals surface area contributed by atoms with Gasteiger partial charge in [0.2, 0.25) is 17.7 Å². The normalized spacial score (nSPS) is 16.3. The van der Waals surface area contributed by atoms with Crippen molar-refractivity contribution in [2.24, 2.45) is 16.8 Å². The van der Waals surface area contributed by atoms with Crippen molar-refractivity contribution in [1.29, 1.82) is 0 Å². The Morgan fingerprint density at radius 2 is 1.69 bits per heavy atom. The number of anilines is 2. The summed E-state index contributed by atoms with van der Waals surface area (Å²) in [6.07, 6.45) is 2.15. The molecule has 0 bridgehead atoms. The number of β-lactam (4-membered cyclic amide) rings is 1. The van der Waals surface area contributed by atoms with Gasteiger partial charge in [-0.15, -0.1) is 0 Å². The number of rotatable bonds is 17. The quantitative estimate of drug-likeness (QED) is 0.0316. The standard InChI is InChI=1S/C39H43N7O5/c1-51-32-20-12-28(13-21-32)37-33(22-23-35(47)27-7-3-2-4-8-27)39(50)46(37)31-18-16-29(17-19-31)43-36(48)9-5-6-24-42-38(49)34(40)25-26-10-14-30(15-11-26)44-45-41/h2-4,7-8,10-21,33-35,37,47H,5-6,9,22-25,40H2,1H3,(H,42,49)(H,43,48). The minimum atomic E-state index is -0.724. The third-order valence-corrected chi connectivity index (χ3v) is 9.05. The van der Waals surface area contributed by atoms with Gasteiger partial charge in [-0.3, -0.25) is 14.4 Å². The third-order valence-electron chi connectivity index (χ3n) is 9.05. The fourth-order valence-corrected chi connectivity index (χ4v) is 6.26. The van der Waals surface area contributed by atoms with Crippen LogP contribution in [0.3, 0.4) is 0 Å². The molecule has 5 N–H and O–H groups in total. The molecule has 4 atom stereocenters. The van der Waals surface area contributed by atoms with Gasteiger partial charge in [-0.05, 0) is 90.7 Å². The van der Waals surface area contributed by atoms with Crippen molar-refractivity contribution in [3.8, 4) is 5.75 Å². The Balaban J connectivity index is 1.09. The van der Waals surface area contributed by atoms with E-state index in [4.69, 9.17) is 16.0 Å². The number of aliphatic hydroxyl groups is 1. The maximum absolute atomic E-state index is 13.5. The third kappa shape index (κ3) is 9.73. The number of nitrogens with one attached hydrogen (secondary N) is 2. The highest BCUT2D eigenvalue weighted by atomic mass is 16.5. The number of carbonyl (C=O) groups is 3. The summed E-state index contributed by atoms with van der Waals surface area (Å²) in [6.45, 7) is 0.399. The zero-order valence-electron chi connectivity index (χ0n) is 28.5. The average Bonchev–Trinajstić information content (AvgIpc) is 3.15. The Labute approximate surface area is 297 Å². The summed E-state index contributed by atoms with van der Waals surface area (Å²) in [7, 11) is 1.61. The Kier molecular flexibility index (Phi) is 12.8. The molecule has 4 aromatic rings. The lowest BCUT2D eigenvalue weighted by Gasteiger charge is -2.48. The van der Waals surface area contributed by atoms with Crippen LogP contribution >= 0.6 is 0 Å². The molecular formula is C39H43N7O5. The van der Waals surface area contributed by atoms with E-state index < -0.39 is 12.1 Å². The summed E-state index contributed by atoms with van der Waals surface area (Å²) >= 11 is 0. The van der Waals surface area contributed by atoms with Crippen molar-refractivity contribution < 1.29 is 24.2 Å². The van der Waals surface area contributed by atoms with Crippen LogP contribution in [0.15, 0.2) is 108 Å². The minimum absolute atomic E-state index is 0.0122. The lowest BCUT2D eigenvalue weighted by atomic mass is 9.78. The van der Waals surface area contributed by atoms with E-state index in [1.54, 1.807) is 48.4 Å². The maximum atomic E-state index is 13.5. The zero-order chi connectivity index (χ0) is 36.2. The van der Waals surface area contributed by atoms with Crippen LogP contribution in [-0.4, -0.2) is 42.5 Å². The molecule has 264 valence electrons. The molecule has 51 heavy (non-hydrogen) atoms. The van der Waals surface area contributed by atoms with E-state index in [1.807, 2.05) is 66.7 Å². The second-order valence-electron chi connectivity index (χ2n) is 12.5. The molecule has 1 fully saturated rings. The summed E-state index contributed by atoms with van der Waals surface area (Å²) in [6, 6.07) is 30.3. The first-order valence-corrected chi connectivity index (χ1v) is 17.0. The first kappa shape index (κ1) is 36.6. The summed E-state index contributed by atoms with van der Waals surface area (Å²) in [4.78, 5) is 43.1. The van der Waals surface area contributed by atoms with Crippen molar-refractivity contribution in [2.45, 2.75) is 56.7 Å². The van der Waals surface area contributed by atoms with Crippen LogP contribution < -0.4 is 26.0 Å². The van der Waals surface area contributed by atoms with Gasteiger partial charge in [-0.25, -0.2) is 0 Å². The van der Waals surface area contributed by atoms with Gasteiger partial charge in [-0.2, -0.15) is 0 Å². The topological polar surface area (TPSA) is 183 Å². The number of methoxy groups -OCH3 is 1. The molecule has 12 heteroatoms. The van der Waals surface area contributed by atoms with Crippen molar-refractivity contribution >= 4 is 34.8 Å². The second-order valence-corrected chi connectivity index (χ2v) is 12.5. The lowest BCUT2D eigenvalue weighted by molar-refractivity contribution is -0.131. The van der Waals surface area contributed by atoms with E-state index in [-0.39, 0.29) is 36.1 Å². The first-order chi connectivity index (χ1) is 24.8. The van der Waals surface area contributed by atoms with E-state index in [9.17, 15) is 19.5 Å². The van der Waals surface area contributed by atoms with E-state index >= 15 is 0 Å². The zero-order valence-corrected chi connectivity index (χ0v) is 28.5. The predicted molar refractivity (Wildman–Crippen MR) is 196 cm³/mol. The SMILES string of the molecule is COc1ccc(C2C(CCC(O)c3ccccc3)C(=O)N2c2ccc(NC(=O)CCCCNC(=O)C(N)Cc3ccc(N=[N+]=[N-])cc3)cc2)cc1. The Morgan fingerprint density at radius 1 is 0.980 bits per heavy atom. The van der Waals surface area contributed by atoms with Crippen molar-refractivity contribution in [2.75, 3.05) is 23.9 Å². The molecule has 0 aliphatic carbocycles. The van der Waals surface area contributed by atoms with Crippen molar-refractivity contribution in [3.05, 3.63) is 130 Å². The van der Waals surface area contributed by atoms with Gasteiger partial charge in [-0.1, -0.05) is 71.8 Å². The molecule has 0 radical (unpaired) electrons. The second kappa shape index (κ2) is 17.8. The fraction of sp³-hybridized carbons (Fsp3) is 0.308. The molecule has 4 aromatic carbocycles. The molecule has 1 heterocycles. The monoisotopic (exact) mass is 689 g/mol. The highest BCUT2D eigenvalue weighted by molar-refractivity contribution is 6.03. The number of nitrogens with zero attached hydrogens (tertiary/aromatic N) is 4. The van der Waals surface area contributed by atoms with Crippen LogP contribution in [0.5, 0.6) is 5.75 Å². The molecular weight excluding hydrogens is 646 g/mol. The van der Waals surface area contributed by atoms with Gasteiger partial charge >= 0.3 is 0 Å². The number of benzene rings is 4. The van der Waals surface area contributed by atoms with E-state index in [0.29, 0.717) is 50.0 Å². The van der Waals surface area contributed by atoms with Crippen LogP contribution in [0.1, 0.15) is 60.9 Å². The van der Waals surface area contributed by atoms with Gasteiger partial charge in [0.15, 0.2) is 0 Å². The Morgan fingerprint density at radius 3 is 2.35 bits per heavy atom. The van der Waals surface area contributed by atoms with Crippen LogP contribution in [0.2, 0.25) is 0 Å². The largest absolute Gasteiger partial charge is 0.497 e. The van der Waals surface area contributed by atoms with E-state index in [0.717, 1.165) is 28.1 Å². The summed E-state index contributed by atoms with van der Waals surface area (Å²) in [5, 5.41) is 20.0. The van der Waals surface area contributed by atoms with Gasteiger partial charge in [0.05, 0.1) is 31.2 Å². The van der Waals surface area contributed by atoms with E-state index in [1.165, 1.54) is 0 Å². The Bertz CT molecular complexity index is 1810. The number of unbranched alkanes of at least 4 members (excludes halogenated alkanes) is 1. The molecule has 1 saturated heterocycles. The van der Waals surface area contributed by atoms with Gasteiger partial charge in [0.25, 0.3) is 0 Å². The number of hydrogen-bond acceptors (Lipinski definition) is 7. The highest BCUT2D eigenvalue weighted by Crippen LogP contribution is 2.46. The molecule has 0 spiro atoms. The Hall–Kier alpha value is -5.68. The number of ether oxygens (including phenoxy) is 1. The van der Waals surface area contributed by atoms with Crippen LogP contribution in [0.25, 0.3) is 10.4 Å². The van der Waals surface area contributed by atoms with Gasteiger partial charge in [0.1, 0.15) is 5.75 Å². The maximum Gasteiger partial charge on any atom is 0.237 e. The van der Waals surface area contributed by atoms with Crippen molar-refractivity contribution in [1.82, 2.24) is 5.32 Å². The average molecular weight is 690 g/mol. The minimum Gasteiger partial charge on any atom is -0.497 e.